The van der Waals surface area contributed by atoms with Crippen molar-refractivity contribution in [3.63, 3.8) is 0 Å². The maximum absolute atomic E-state index is 10.7. The zero-order valence-electron chi connectivity index (χ0n) is 12.3. The molecule has 0 aliphatic heterocycles. The molecule has 0 saturated carbocycles. The fraction of sp³-hybridized carbons (Fsp3) is 0.250. The number of nitro benzene ring substituents is 1. The molecule has 0 aromatic heterocycles. The lowest BCUT2D eigenvalue weighted by atomic mass is 10.1. The second-order valence-electron chi connectivity index (χ2n) is 4.90. The predicted octanol–water partition coefficient (Wildman–Crippen LogP) is 4.08. The molecule has 0 saturated heterocycles. The summed E-state index contributed by atoms with van der Waals surface area (Å²) >= 11 is 0. The summed E-state index contributed by atoms with van der Waals surface area (Å²) in [5.74, 6) is 0.817. The molecule has 0 spiro atoms. The Kier molecular flexibility index (Phi) is 4.42. The van der Waals surface area contributed by atoms with Crippen molar-refractivity contribution in [2.45, 2.75) is 19.9 Å². The third-order valence-corrected chi connectivity index (χ3v) is 3.41. The molecular formula is C16H18N2O3. The molecule has 0 bridgehead atoms. The van der Waals surface area contributed by atoms with Gasteiger partial charge in [0.15, 0.2) is 0 Å². The van der Waals surface area contributed by atoms with Gasteiger partial charge in [-0.25, -0.2) is 0 Å². The Morgan fingerprint density at radius 2 is 1.86 bits per heavy atom. The predicted molar refractivity (Wildman–Crippen MR) is 82.9 cm³/mol. The fourth-order valence-electron chi connectivity index (χ4n) is 2.13. The van der Waals surface area contributed by atoms with Crippen LogP contribution in [0.5, 0.6) is 5.75 Å². The summed E-state index contributed by atoms with van der Waals surface area (Å²) in [6.07, 6.45) is 0. The van der Waals surface area contributed by atoms with Crippen molar-refractivity contribution in [1.29, 1.82) is 0 Å². The number of nitrogens with one attached hydrogen (secondary N) is 1. The van der Waals surface area contributed by atoms with Crippen LogP contribution in [0.1, 0.15) is 24.1 Å². The summed E-state index contributed by atoms with van der Waals surface area (Å²) in [6.45, 7) is 3.90. The third kappa shape index (κ3) is 3.51. The molecule has 110 valence electrons. The third-order valence-electron chi connectivity index (χ3n) is 3.41. The van der Waals surface area contributed by atoms with Gasteiger partial charge >= 0.3 is 0 Å². The van der Waals surface area contributed by atoms with Gasteiger partial charge in [0.2, 0.25) is 0 Å². The van der Waals surface area contributed by atoms with Gasteiger partial charge in [-0.05, 0) is 43.2 Å². The lowest BCUT2D eigenvalue weighted by Crippen LogP contribution is -2.07. The Morgan fingerprint density at radius 3 is 2.38 bits per heavy atom. The van der Waals surface area contributed by atoms with Crippen LogP contribution in [0, 0.1) is 17.0 Å². The van der Waals surface area contributed by atoms with Gasteiger partial charge in [-0.15, -0.1) is 0 Å². The first kappa shape index (κ1) is 14.8. The first-order valence-corrected chi connectivity index (χ1v) is 6.67. The van der Waals surface area contributed by atoms with Gasteiger partial charge in [0.05, 0.1) is 12.0 Å². The van der Waals surface area contributed by atoms with E-state index in [0.29, 0.717) is 0 Å². The Morgan fingerprint density at radius 1 is 1.19 bits per heavy atom. The number of anilines is 1. The molecule has 1 atom stereocenters. The molecule has 1 N–H and O–H groups in total. The number of rotatable bonds is 5. The zero-order valence-corrected chi connectivity index (χ0v) is 12.3. The molecule has 5 heteroatoms. The fourth-order valence-corrected chi connectivity index (χ4v) is 2.13. The van der Waals surface area contributed by atoms with Crippen molar-refractivity contribution < 1.29 is 9.66 Å². The lowest BCUT2D eigenvalue weighted by Gasteiger charge is -2.17. The van der Waals surface area contributed by atoms with Crippen LogP contribution >= 0.6 is 0 Å². The minimum atomic E-state index is -0.385. The molecule has 0 fully saturated rings. The number of methoxy groups -OCH3 is 1. The van der Waals surface area contributed by atoms with E-state index in [-0.39, 0.29) is 16.7 Å². The molecule has 0 amide bonds. The van der Waals surface area contributed by atoms with E-state index in [4.69, 9.17) is 4.74 Å². The molecule has 2 rings (SSSR count). The molecule has 2 aromatic carbocycles. The van der Waals surface area contributed by atoms with Crippen molar-refractivity contribution in [2.75, 3.05) is 12.4 Å². The van der Waals surface area contributed by atoms with Crippen LogP contribution in [0.25, 0.3) is 0 Å². The van der Waals surface area contributed by atoms with E-state index in [1.54, 1.807) is 19.2 Å². The number of aryl methyl sites for hydroxylation is 1. The molecule has 0 radical (unpaired) electrons. The Labute approximate surface area is 123 Å². The van der Waals surface area contributed by atoms with Gasteiger partial charge < -0.3 is 10.1 Å². The zero-order chi connectivity index (χ0) is 15.4. The number of nitro groups is 1. The maximum Gasteiger partial charge on any atom is 0.269 e. The van der Waals surface area contributed by atoms with E-state index >= 15 is 0 Å². The Balaban J connectivity index is 2.14. The highest BCUT2D eigenvalue weighted by molar-refractivity contribution is 5.56. The Bertz CT molecular complexity index is 638. The van der Waals surface area contributed by atoms with Gasteiger partial charge in [0.1, 0.15) is 5.75 Å². The molecule has 0 aliphatic rings. The highest BCUT2D eigenvalue weighted by Crippen LogP contribution is 2.26. The molecule has 0 aliphatic carbocycles. The van der Waals surface area contributed by atoms with Crippen LogP contribution in [0.15, 0.2) is 42.5 Å². The minimum Gasteiger partial charge on any atom is -0.497 e. The van der Waals surface area contributed by atoms with Crippen LogP contribution in [-0.2, 0) is 0 Å². The molecule has 21 heavy (non-hydrogen) atoms. The van der Waals surface area contributed by atoms with E-state index in [0.717, 1.165) is 22.6 Å². The van der Waals surface area contributed by atoms with Gasteiger partial charge in [-0.1, -0.05) is 12.1 Å². The first-order valence-electron chi connectivity index (χ1n) is 6.67. The van der Waals surface area contributed by atoms with Crippen molar-refractivity contribution in [1.82, 2.24) is 0 Å². The first-order chi connectivity index (χ1) is 10.0. The second-order valence-corrected chi connectivity index (χ2v) is 4.90. The monoisotopic (exact) mass is 286 g/mol. The number of benzene rings is 2. The van der Waals surface area contributed by atoms with E-state index in [2.05, 4.69) is 5.32 Å². The van der Waals surface area contributed by atoms with Crippen LogP contribution in [0.4, 0.5) is 11.4 Å². The maximum atomic E-state index is 10.7. The average Bonchev–Trinajstić information content (AvgIpc) is 2.49. The summed E-state index contributed by atoms with van der Waals surface area (Å²) in [6, 6.07) is 12.7. The average molecular weight is 286 g/mol. The molecule has 5 nitrogen and oxygen atoms in total. The smallest absolute Gasteiger partial charge is 0.269 e. The van der Waals surface area contributed by atoms with E-state index in [1.165, 1.54) is 6.07 Å². The minimum absolute atomic E-state index is 0.0936. The number of non-ortho nitro benzene ring substituents is 1. The summed E-state index contributed by atoms with van der Waals surface area (Å²) in [7, 11) is 1.64. The van der Waals surface area contributed by atoms with Crippen LogP contribution < -0.4 is 10.1 Å². The molecule has 1 unspecified atom stereocenters. The lowest BCUT2D eigenvalue weighted by molar-refractivity contribution is -0.384. The van der Waals surface area contributed by atoms with Crippen LogP contribution in [0.3, 0.4) is 0 Å². The van der Waals surface area contributed by atoms with Gasteiger partial charge in [-0.2, -0.15) is 0 Å². The summed E-state index contributed by atoms with van der Waals surface area (Å²) in [5.41, 5.74) is 2.97. The van der Waals surface area contributed by atoms with Gasteiger partial charge in [0, 0.05) is 23.9 Å². The molecule has 2 aromatic rings. The number of hydrogen-bond donors (Lipinski definition) is 1. The normalized spacial score (nSPS) is 11.8. The second kappa shape index (κ2) is 6.26. The van der Waals surface area contributed by atoms with E-state index in [1.807, 2.05) is 38.1 Å². The summed E-state index contributed by atoms with van der Waals surface area (Å²) in [5, 5.41) is 14.1. The number of ether oxygens (including phenoxy) is 1. The van der Waals surface area contributed by atoms with E-state index < -0.39 is 0 Å². The van der Waals surface area contributed by atoms with Crippen LogP contribution in [0.2, 0.25) is 0 Å². The van der Waals surface area contributed by atoms with Crippen molar-refractivity contribution in [2.24, 2.45) is 0 Å². The summed E-state index contributed by atoms with van der Waals surface area (Å²) < 4.78 is 5.14. The quantitative estimate of drug-likeness (QED) is 0.664. The Hall–Kier alpha value is -2.56. The highest BCUT2D eigenvalue weighted by atomic mass is 16.6. The highest BCUT2D eigenvalue weighted by Gasteiger charge is 2.11. The summed E-state index contributed by atoms with van der Waals surface area (Å²) in [4.78, 5) is 10.4. The SMILES string of the molecule is COc1ccc(C(C)Nc2ccc([N+](=O)[O-])cc2C)cc1. The van der Waals surface area contributed by atoms with Gasteiger partial charge in [-0.3, -0.25) is 10.1 Å². The van der Waals surface area contributed by atoms with E-state index in [9.17, 15) is 10.1 Å². The van der Waals surface area contributed by atoms with Crippen molar-refractivity contribution in [3.8, 4) is 5.75 Å². The van der Waals surface area contributed by atoms with Gasteiger partial charge in [0.25, 0.3) is 5.69 Å². The van der Waals surface area contributed by atoms with Crippen LogP contribution in [-0.4, -0.2) is 12.0 Å². The largest absolute Gasteiger partial charge is 0.497 e. The standard InChI is InChI=1S/C16H18N2O3/c1-11-10-14(18(19)20)6-9-16(11)17-12(2)13-4-7-15(21-3)8-5-13/h4-10,12,17H,1-3H3. The number of hydrogen-bond acceptors (Lipinski definition) is 4. The number of nitrogens with zero attached hydrogens (tertiary/aromatic N) is 1. The van der Waals surface area contributed by atoms with Crippen molar-refractivity contribution >= 4 is 11.4 Å². The topological polar surface area (TPSA) is 64.4 Å². The molecule has 0 heterocycles. The van der Waals surface area contributed by atoms with Crippen molar-refractivity contribution in [3.05, 3.63) is 63.7 Å². The molecular weight excluding hydrogens is 268 g/mol.